The summed E-state index contributed by atoms with van der Waals surface area (Å²) in [5.41, 5.74) is 11.1. The minimum Gasteiger partial charge on any atom is -0.201 e. The van der Waals surface area contributed by atoms with Crippen LogP contribution in [0, 0.1) is 0 Å². The molecule has 0 fully saturated rings. The minimum absolute atomic E-state index is 0.884. The van der Waals surface area contributed by atoms with Crippen molar-refractivity contribution in [2.75, 3.05) is 0 Å². The van der Waals surface area contributed by atoms with Gasteiger partial charge in [0.15, 0.2) is 25.1 Å². The molecule has 204 valence electrons. The Morgan fingerprint density at radius 2 is 0.905 bits per heavy atom. The van der Waals surface area contributed by atoms with Gasteiger partial charge in [-0.25, -0.2) is 9.13 Å². The summed E-state index contributed by atoms with van der Waals surface area (Å²) in [7, 11) is 4.20. The smallest absolute Gasteiger partial charge is 0.201 e. The van der Waals surface area contributed by atoms with Crippen molar-refractivity contribution < 1.29 is 13.7 Å². The second kappa shape index (κ2) is 12.6. The summed E-state index contributed by atoms with van der Waals surface area (Å²) in [6.07, 6.45) is 11.8. The van der Waals surface area contributed by atoms with Crippen LogP contribution in [0.1, 0.15) is 16.7 Å². The summed E-state index contributed by atoms with van der Waals surface area (Å²) in [5.74, 6) is 0. The molecule has 3 aromatic heterocycles. The van der Waals surface area contributed by atoms with Crippen molar-refractivity contribution in [3.05, 3.63) is 163 Å². The number of aryl methyl sites for hydroxylation is 4. The van der Waals surface area contributed by atoms with Crippen molar-refractivity contribution in [3.63, 3.8) is 0 Å². The number of nitrogens with zero attached hydrogens (tertiary/aromatic N) is 3. The molecule has 3 heterocycles. The highest BCUT2D eigenvalue weighted by Crippen LogP contribution is 2.26. The van der Waals surface area contributed by atoms with E-state index in [1.165, 1.54) is 50.5 Å². The summed E-state index contributed by atoms with van der Waals surface area (Å²) < 4.78 is 6.74. The van der Waals surface area contributed by atoms with Crippen LogP contribution in [0.4, 0.5) is 0 Å². The molecule has 3 heteroatoms. The molecule has 6 aromatic rings. The third-order valence-corrected chi connectivity index (χ3v) is 7.88. The molecule has 6 rings (SSSR count). The van der Waals surface area contributed by atoms with Crippen molar-refractivity contribution in [1.82, 2.24) is 0 Å². The first kappa shape index (κ1) is 27.0. The predicted molar refractivity (Wildman–Crippen MR) is 171 cm³/mol. The number of benzene rings is 3. The SMILES string of the molecule is C[n+]1ccccc1-c1ccccc1C=Cc1ccccc1-c1cccc[n+]1CCc1ccccc1-c1cccc[n+]1C. The molecule has 0 aliphatic carbocycles. The molecule has 0 aliphatic heterocycles. The van der Waals surface area contributed by atoms with Crippen LogP contribution in [-0.2, 0) is 27.1 Å². The lowest BCUT2D eigenvalue weighted by molar-refractivity contribution is -0.685. The summed E-state index contributed by atoms with van der Waals surface area (Å²) >= 11 is 0. The van der Waals surface area contributed by atoms with Gasteiger partial charge in [0.1, 0.15) is 14.1 Å². The number of aromatic nitrogens is 3. The van der Waals surface area contributed by atoms with E-state index in [0.717, 1.165) is 13.0 Å². The first-order valence-corrected chi connectivity index (χ1v) is 14.5. The van der Waals surface area contributed by atoms with Crippen molar-refractivity contribution in [3.8, 4) is 33.8 Å². The van der Waals surface area contributed by atoms with Crippen molar-refractivity contribution in [1.29, 1.82) is 0 Å². The minimum atomic E-state index is 0.884. The lowest BCUT2D eigenvalue weighted by Gasteiger charge is -2.10. The maximum Gasteiger partial charge on any atom is 0.213 e. The predicted octanol–water partition coefficient (Wildman–Crippen LogP) is 7.04. The molecule has 0 N–H and O–H groups in total. The third-order valence-electron chi connectivity index (χ3n) is 7.88. The van der Waals surface area contributed by atoms with Crippen LogP contribution in [0.3, 0.4) is 0 Å². The van der Waals surface area contributed by atoms with Crippen LogP contribution >= 0.6 is 0 Å². The molecule has 0 saturated carbocycles. The molecule has 0 unspecified atom stereocenters. The molecule has 0 amide bonds. The summed E-state index contributed by atoms with van der Waals surface area (Å²) in [6, 6.07) is 45.2. The summed E-state index contributed by atoms with van der Waals surface area (Å²) in [5, 5.41) is 0. The van der Waals surface area contributed by atoms with Crippen LogP contribution in [0.25, 0.3) is 45.9 Å². The molecule has 3 nitrogen and oxygen atoms in total. The van der Waals surface area contributed by atoms with Crippen LogP contribution in [0.2, 0.25) is 0 Å². The van der Waals surface area contributed by atoms with Gasteiger partial charge >= 0.3 is 0 Å². The maximum atomic E-state index is 2.38. The summed E-state index contributed by atoms with van der Waals surface area (Å²) in [6.45, 7) is 0.884. The van der Waals surface area contributed by atoms with Gasteiger partial charge in [-0.3, -0.25) is 0 Å². The Bertz CT molecular complexity index is 1870. The fourth-order valence-corrected chi connectivity index (χ4v) is 5.68. The summed E-state index contributed by atoms with van der Waals surface area (Å²) in [4.78, 5) is 0. The average Bonchev–Trinajstić information content (AvgIpc) is 3.04. The molecule has 0 atom stereocenters. The number of pyridine rings is 3. The highest BCUT2D eigenvalue weighted by atomic mass is 15.0. The molecular weight excluding hydrogens is 510 g/mol. The van der Waals surface area contributed by atoms with E-state index in [-0.39, 0.29) is 0 Å². The Morgan fingerprint density at radius 1 is 0.452 bits per heavy atom. The largest absolute Gasteiger partial charge is 0.213 e. The molecule has 0 aliphatic rings. The van der Waals surface area contributed by atoms with Crippen LogP contribution in [0.5, 0.6) is 0 Å². The van der Waals surface area contributed by atoms with E-state index < -0.39 is 0 Å². The topological polar surface area (TPSA) is 11.6 Å². The zero-order valence-corrected chi connectivity index (χ0v) is 24.3. The maximum absolute atomic E-state index is 2.38. The van der Waals surface area contributed by atoms with Gasteiger partial charge in [0.05, 0.1) is 11.1 Å². The Hall–Kier alpha value is -5.15. The number of rotatable bonds is 8. The van der Waals surface area contributed by atoms with Crippen LogP contribution in [0.15, 0.2) is 146 Å². The van der Waals surface area contributed by atoms with Gasteiger partial charge in [-0.1, -0.05) is 66.7 Å². The molecular formula is C39H36N3+3. The molecule has 0 bridgehead atoms. The normalized spacial score (nSPS) is 11.2. The van der Waals surface area contributed by atoms with Gasteiger partial charge in [0.25, 0.3) is 0 Å². The first-order chi connectivity index (χ1) is 20.7. The zero-order chi connectivity index (χ0) is 28.7. The van der Waals surface area contributed by atoms with Crippen LogP contribution < -0.4 is 13.7 Å². The van der Waals surface area contributed by atoms with E-state index in [1.54, 1.807) is 0 Å². The van der Waals surface area contributed by atoms with Gasteiger partial charge in [-0.2, -0.15) is 4.57 Å². The Morgan fingerprint density at radius 3 is 1.52 bits per heavy atom. The second-order valence-corrected chi connectivity index (χ2v) is 10.6. The number of hydrogen-bond acceptors (Lipinski definition) is 0. The van der Waals surface area contributed by atoms with Gasteiger partial charge in [0, 0.05) is 48.4 Å². The fraction of sp³-hybridized carbons (Fsp3) is 0.103. The second-order valence-electron chi connectivity index (χ2n) is 10.6. The highest BCUT2D eigenvalue weighted by Gasteiger charge is 2.18. The third kappa shape index (κ3) is 5.82. The van der Waals surface area contributed by atoms with Crippen molar-refractivity contribution >= 4 is 12.2 Å². The molecule has 0 saturated heterocycles. The van der Waals surface area contributed by atoms with Gasteiger partial charge in [-0.05, 0) is 53.1 Å². The number of hydrogen-bond donors (Lipinski definition) is 0. The van der Waals surface area contributed by atoms with Gasteiger partial charge in [-0.15, -0.1) is 0 Å². The molecule has 0 radical (unpaired) electrons. The molecule has 3 aromatic carbocycles. The van der Waals surface area contributed by atoms with Crippen LogP contribution in [-0.4, -0.2) is 0 Å². The van der Waals surface area contributed by atoms with E-state index in [2.05, 4.69) is 186 Å². The molecule has 42 heavy (non-hydrogen) atoms. The van der Waals surface area contributed by atoms with E-state index in [4.69, 9.17) is 0 Å². The van der Waals surface area contributed by atoms with Gasteiger partial charge in [0.2, 0.25) is 17.1 Å². The first-order valence-electron chi connectivity index (χ1n) is 14.5. The molecule has 0 spiro atoms. The highest BCUT2D eigenvalue weighted by molar-refractivity contribution is 5.83. The van der Waals surface area contributed by atoms with E-state index in [1.807, 2.05) is 0 Å². The van der Waals surface area contributed by atoms with Crippen molar-refractivity contribution in [2.24, 2.45) is 14.1 Å². The lowest BCUT2D eigenvalue weighted by atomic mass is 9.99. The van der Waals surface area contributed by atoms with Crippen molar-refractivity contribution in [2.45, 2.75) is 13.0 Å². The standard InChI is InChI=1S/C39H36N3/c1-40-27-12-9-21-37(40)34-18-6-3-15-31(34)24-25-32-16-4-8-20-36(32)39-23-11-14-29-42(39)30-26-33-17-5-7-19-35(33)38-22-10-13-28-41(38)2/h3-25,27-29H,26,30H2,1-2H3/q+3. The van der Waals surface area contributed by atoms with E-state index in [0.29, 0.717) is 0 Å². The van der Waals surface area contributed by atoms with E-state index in [9.17, 15) is 0 Å². The van der Waals surface area contributed by atoms with E-state index >= 15 is 0 Å². The Kier molecular flexibility index (Phi) is 8.09. The average molecular weight is 547 g/mol. The quantitative estimate of drug-likeness (QED) is 0.143. The zero-order valence-electron chi connectivity index (χ0n) is 24.3. The van der Waals surface area contributed by atoms with Gasteiger partial charge < -0.3 is 0 Å². The lowest BCUT2D eigenvalue weighted by Crippen LogP contribution is -2.37. The monoisotopic (exact) mass is 546 g/mol. The fourth-order valence-electron chi connectivity index (χ4n) is 5.68. The Balaban J connectivity index is 1.31. The Labute approximate surface area is 249 Å².